The summed E-state index contributed by atoms with van der Waals surface area (Å²) in [6.07, 6.45) is 3.72. The molecule has 0 saturated carbocycles. The van der Waals surface area contributed by atoms with Crippen molar-refractivity contribution >= 4 is 5.78 Å². The Morgan fingerprint density at radius 3 is 2.67 bits per heavy atom. The minimum atomic E-state index is 0.294. The molecule has 0 bridgehead atoms. The number of carbonyl (C=O) groups excluding carboxylic acids is 1. The van der Waals surface area contributed by atoms with Crippen molar-refractivity contribution in [1.29, 1.82) is 0 Å². The molecule has 1 aromatic rings. The van der Waals surface area contributed by atoms with Crippen molar-refractivity contribution in [3.05, 3.63) is 35.4 Å². The second-order valence-corrected chi connectivity index (χ2v) is 5.22. The van der Waals surface area contributed by atoms with Crippen LogP contribution in [-0.2, 0) is 6.42 Å². The van der Waals surface area contributed by atoms with E-state index in [0.717, 1.165) is 31.4 Å². The quantitative estimate of drug-likeness (QED) is 0.713. The van der Waals surface area contributed by atoms with Crippen molar-refractivity contribution in [2.45, 2.75) is 39.5 Å². The topological polar surface area (TPSA) is 29.1 Å². The van der Waals surface area contributed by atoms with Crippen LogP contribution in [0.25, 0.3) is 0 Å². The highest BCUT2D eigenvalue weighted by Gasteiger charge is 2.10. The maximum atomic E-state index is 12.2. The number of hydrogen-bond acceptors (Lipinski definition) is 2. The average molecular weight is 247 g/mol. The second-order valence-electron chi connectivity index (χ2n) is 5.22. The highest BCUT2D eigenvalue weighted by atomic mass is 16.1. The molecule has 100 valence electrons. The molecule has 0 atom stereocenters. The molecule has 0 amide bonds. The lowest BCUT2D eigenvalue weighted by molar-refractivity contribution is 0.0977. The van der Waals surface area contributed by atoms with E-state index in [0.29, 0.717) is 18.1 Å². The molecule has 0 saturated heterocycles. The van der Waals surface area contributed by atoms with Crippen LogP contribution in [0.15, 0.2) is 24.3 Å². The molecule has 1 rings (SSSR count). The lowest BCUT2D eigenvalue weighted by Gasteiger charge is -2.09. The van der Waals surface area contributed by atoms with Crippen LogP contribution in [0.4, 0.5) is 0 Å². The second kappa shape index (κ2) is 8.04. The SMILES string of the molecule is CNCCc1ccccc1C(=O)CCCC(C)C. The molecule has 0 fully saturated rings. The van der Waals surface area contributed by atoms with Gasteiger partial charge in [0.2, 0.25) is 0 Å². The number of rotatable bonds is 8. The number of nitrogens with one attached hydrogen (secondary N) is 1. The zero-order valence-electron chi connectivity index (χ0n) is 11.8. The monoisotopic (exact) mass is 247 g/mol. The van der Waals surface area contributed by atoms with Crippen LogP contribution < -0.4 is 5.32 Å². The third kappa shape index (κ3) is 5.01. The molecule has 1 N–H and O–H groups in total. The van der Waals surface area contributed by atoms with Crippen LogP contribution in [0.1, 0.15) is 49.0 Å². The smallest absolute Gasteiger partial charge is 0.163 e. The first kappa shape index (κ1) is 14.9. The lowest BCUT2D eigenvalue weighted by atomic mass is 9.96. The summed E-state index contributed by atoms with van der Waals surface area (Å²) in [6.45, 7) is 5.31. The number of ketones is 1. The molecule has 2 nitrogen and oxygen atoms in total. The fourth-order valence-corrected chi connectivity index (χ4v) is 2.08. The van der Waals surface area contributed by atoms with E-state index < -0.39 is 0 Å². The summed E-state index contributed by atoms with van der Waals surface area (Å²) in [5.74, 6) is 0.972. The van der Waals surface area contributed by atoms with Gasteiger partial charge in [-0.15, -0.1) is 0 Å². The third-order valence-electron chi connectivity index (χ3n) is 3.15. The van der Waals surface area contributed by atoms with Crippen LogP contribution in [0, 0.1) is 5.92 Å². The molecular formula is C16H25NO. The van der Waals surface area contributed by atoms with E-state index in [9.17, 15) is 4.79 Å². The number of benzene rings is 1. The van der Waals surface area contributed by atoms with Crippen molar-refractivity contribution in [2.24, 2.45) is 5.92 Å². The summed E-state index contributed by atoms with van der Waals surface area (Å²) < 4.78 is 0. The predicted molar refractivity (Wildman–Crippen MR) is 77.1 cm³/mol. The molecule has 0 aliphatic heterocycles. The Morgan fingerprint density at radius 2 is 2.00 bits per heavy atom. The van der Waals surface area contributed by atoms with Gasteiger partial charge in [0.15, 0.2) is 5.78 Å². The van der Waals surface area contributed by atoms with E-state index in [1.54, 1.807) is 0 Å². The molecule has 2 heteroatoms. The van der Waals surface area contributed by atoms with Gasteiger partial charge in [-0.25, -0.2) is 0 Å². The highest BCUT2D eigenvalue weighted by Crippen LogP contribution is 2.15. The Hall–Kier alpha value is -1.15. The summed E-state index contributed by atoms with van der Waals surface area (Å²) in [6, 6.07) is 7.99. The van der Waals surface area contributed by atoms with E-state index in [1.807, 2.05) is 25.2 Å². The third-order valence-corrected chi connectivity index (χ3v) is 3.15. The van der Waals surface area contributed by atoms with Gasteiger partial charge < -0.3 is 5.32 Å². The molecule has 18 heavy (non-hydrogen) atoms. The van der Waals surface area contributed by atoms with Gasteiger partial charge in [-0.3, -0.25) is 4.79 Å². The van der Waals surface area contributed by atoms with Crippen LogP contribution in [0.5, 0.6) is 0 Å². The van der Waals surface area contributed by atoms with Gasteiger partial charge >= 0.3 is 0 Å². The molecular weight excluding hydrogens is 222 g/mol. The Kier molecular flexibility index (Phi) is 6.66. The molecule has 0 aromatic heterocycles. The zero-order valence-corrected chi connectivity index (χ0v) is 11.8. The fraction of sp³-hybridized carbons (Fsp3) is 0.562. The number of hydrogen-bond donors (Lipinski definition) is 1. The highest BCUT2D eigenvalue weighted by molar-refractivity contribution is 5.97. The molecule has 0 aliphatic carbocycles. The maximum Gasteiger partial charge on any atom is 0.163 e. The van der Waals surface area contributed by atoms with E-state index in [2.05, 4.69) is 25.2 Å². The van der Waals surface area contributed by atoms with Crippen molar-refractivity contribution in [1.82, 2.24) is 5.32 Å². The normalized spacial score (nSPS) is 10.9. The van der Waals surface area contributed by atoms with E-state index >= 15 is 0 Å². The van der Waals surface area contributed by atoms with Crippen LogP contribution in [0.2, 0.25) is 0 Å². The van der Waals surface area contributed by atoms with Gasteiger partial charge in [0, 0.05) is 12.0 Å². The van der Waals surface area contributed by atoms with Crippen LogP contribution >= 0.6 is 0 Å². The van der Waals surface area contributed by atoms with Crippen molar-refractivity contribution < 1.29 is 4.79 Å². The molecule has 0 spiro atoms. The summed E-state index contributed by atoms with van der Waals surface area (Å²) >= 11 is 0. The minimum absolute atomic E-state index is 0.294. The number of Topliss-reactive ketones (excluding diaryl/α,β-unsaturated/α-hetero) is 1. The van der Waals surface area contributed by atoms with Gasteiger partial charge in [-0.05, 0) is 37.9 Å². The minimum Gasteiger partial charge on any atom is -0.319 e. The van der Waals surface area contributed by atoms with E-state index in [-0.39, 0.29) is 0 Å². The standard InChI is InChI=1S/C16H25NO/c1-13(2)7-6-10-16(18)15-9-5-4-8-14(15)11-12-17-3/h4-5,8-9,13,17H,6-7,10-12H2,1-3H3. The van der Waals surface area contributed by atoms with Crippen molar-refractivity contribution in [3.8, 4) is 0 Å². The van der Waals surface area contributed by atoms with Gasteiger partial charge in [-0.2, -0.15) is 0 Å². The Morgan fingerprint density at radius 1 is 1.28 bits per heavy atom. The molecule has 0 radical (unpaired) electrons. The molecule has 0 aliphatic rings. The number of likely N-dealkylation sites (N-methyl/N-ethyl adjacent to an activating group) is 1. The molecule has 0 heterocycles. The first-order valence-corrected chi connectivity index (χ1v) is 6.91. The van der Waals surface area contributed by atoms with Gasteiger partial charge in [0.1, 0.15) is 0 Å². The predicted octanol–water partition coefficient (Wildman–Crippen LogP) is 3.46. The van der Waals surface area contributed by atoms with Gasteiger partial charge in [0.25, 0.3) is 0 Å². The molecule has 0 unspecified atom stereocenters. The van der Waals surface area contributed by atoms with Crippen molar-refractivity contribution in [3.63, 3.8) is 0 Å². The van der Waals surface area contributed by atoms with Crippen LogP contribution in [-0.4, -0.2) is 19.4 Å². The Labute approximate surface area is 111 Å². The zero-order chi connectivity index (χ0) is 13.4. The Balaban J connectivity index is 2.60. The van der Waals surface area contributed by atoms with Crippen LogP contribution in [0.3, 0.4) is 0 Å². The summed E-state index contributed by atoms with van der Waals surface area (Å²) in [5.41, 5.74) is 2.08. The van der Waals surface area contributed by atoms with E-state index in [4.69, 9.17) is 0 Å². The largest absolute Gasteiger partial charge is 0.319 e. The van der Waals surface area contributed by atoms with E-state index in [1.165, 1.54) is 5.56 Å². The summed E-state index contributed by atoms with van der Waals surface area (Å²) in [7, 11) is 1.94. The summed E-state index contributed by atoms with van der Waals surface area (Å²) in [4.78, 5) is 12.2. The van der Waals surface area contributed by atoms with Gasteiger partial charge in [0.05, 0.1) is 0 Å². The number of carbonyl (C=O) groups is 1. The summed E-state index contributed by atoms with van der Waals surface area (Å²) in [5, 5.41) is 3.13. The van der Waals surface area contributed by atoms with Crippen molar-refractivity contribution in [2.75, 3.05) is 13.6 Å². The van der Waals surface area contributed by atoms with Gasteiger partial charge in [-0.1, -0.05) is 44.5 Å². The fourth-order valence-electron chi connectivity index (χ4n) is 2.08. The first-order valence-electron chi connectivity index (χ1n) is 6.91. The first-order chi connectivity index (χ1) is 8.65. The lowest BCUT2D eigenvalue weighted by Crippen LogP contribution is -2.13. The molecule has 1 aromatic carbocycles. The Bertz CT molecular complexity index is 371. The average Bonchev–Trinajstić information content (AvgIpc) is 2.36. The maximum absolute atomic E-state index is 12.2.